The normalized spacial score (nSPS) is 13.6. The first-order valence-electron chi connectivity index (χ1n) is 5.00. The van der Waals surface area contributed by atoms with Crippen molar-refractivity contribution in [3.8, 4) is 5.75 Å². The molecule has 0 fully saturated rings. The van der Waals surface area contributed by atoms with Crippen molar-refractivity contribution in [2.24, 2.45) is 5.73 Å². The highest BCUT2D eigenvalue weighted by atomic mass is 19.4. The van der Waals surface area contributed by atoms with Crippen molar-refractivity contribution in [3.05, 3.63) is 29.8 Å². The quantitative estimate of drug-likeness (QED) is 0.867. The predicted molar refractivity (Wildman–Crippen MR) is 55.2 cm³/mol. The van der Waals surface area contributed by atoms with Crippen molar-refractivity contribution in [3.63, 3.8) is 0 Å². The van der Waals surface area contributed by atoms with Gasteiger partial charge in [0.1, 0.15) is 11.8 Å². The first kappa shape index (κ1) is 12.8. The van der Waals surface area contributed by atoms with Crippen LogP contribution in [0.1, 0.15) is 24.9 Å². The largest absolute Gasteiger partial charge is 0.493 e. The van der Waals surface area contributed by atoms with E-state index in [1.54, 1.807) is 6.07 Å². The number of rotatable bonds is 4. The summed E-state index contributed by atoms with van der Waals surface area (Å²) in [5.41, 5.74) is 5.12. The highest BCUT2D eigenvalue weighted by Gasteiger charge is 2.39. The molecule has 1 rings (SSSR count). The molecule has 0 aliphatic rings. The first-order chi connectivity index (χ1) is 7.46. The number of alkyl halides is 3. The summed E-state index contributed by atoms with van der Waals surface area (Å²) in [5, 5.41) is 0. The van der Waals surface area contributed by atoms with Gasteiger partial charge in [-0.2, -0.15) is 13.2 Å². The predicted octanol–water partition coefficient (Wildman–Crippen LogP) is 3.04. The molecule has 2 N–H and O–H groups in total. The van der Waals surface area contributed by atoms with Gasteiger partial charge in [0.15, 0.2) is 0 Å². The van der Waals surface area contributed by atoms with Crippen LogP contribution in [0.4, 0.5) is 13.2 Å². The van der Waals surface area contributed by atoms with Gasteiger partial charge in [-0.3, -0.25) is 0 Å². The van der Waals surface area contributed by atoms with Crippen molar-refractivity contribution in [1.82, 2.24) is 0 Å². The molecule has 0 unspecified atom stereocenters. The van der Waals surface area contributed by atoms with Crippen LogP contribution in [-0.2, 0) is 0 Å². The highest BCUT2D eigenvalue weighted by molar-refractivity contribution is 5.36. The molecule has 0 heterocycles. The van der Waals surface area contributed by atoms with Gasteiger partial charge < -0.3 is 10.5 Å². The zero-order valence-electron chi connectivity index (χ0n) is 8.92. The average molecular weight is 233 g/mol. The number of ether oxygens (including phenoxy) is 1. The second kappa shape index (κ2) is 5.21. The van der Waals surface area contributed by atoms with Gasteiger partial charge in [0.2, 0.25) is 0 Å². The van der Waals surface area contributed by atoms with Crippen molar-refractivity contribution < 1.29 is 17.9 Å². The van der Waals surface area contributed by atoms with Crippen molar-refractivity contribution in [2.75, 3.05) is 6.61 Å². The molecule has 0 amide bonds. The average Bonchev–Trinajstić information content (AvgIpc) is 2.24. The molecule has 2 nitrogen and oxygen atoms in total. The van der Waals surface area contributed by atoms with Crippen molar-refractivity contribution in [1.29, 1.82) is 0 Å². The number of nitrogens with two attached hydrogens (primary N) is 1. The summed E-state index contributed by atoms with van der Waals surface area (Å²) in [6, 6.07) is 3.97. The molecule has 1 aromatic carbocycles. The minimum Gasteiger partial charge on any atom is -0.493 e. The van der Waals surface area contributed by atoms with Crippen LogP contribution in [-0.4, -0.2) is 12.8 Å². The van der Waals surface area contributed by atoms with E-state index in [1.165, 1.54) is 18.2 Å². The van der Waals surface area contributed by atoms with E-state index in [9.17, 15) is 13.2 Å². The summed E-state index contributed by atoms with van der Waals surface area (Å²) in [6.45, 7) is 2.26. The Labute approximate surface area is 92.2 Å². The van der Waals surface area contributed by atoms with Crippen LogP contribution in [0, 0.1) is 0 Å². The van der Waals surface area contributed by atoms with E-state index in [1.807, 2.05) is 6.92 Å². The summed E-state index contributed by atoms with van der Waals surface area (Å²) in [6.07, 6.45) is -3.72. The fraction of sp³-hybridized carbons (Fsp3) is 0.455. The number of para-hydroxylation sites is 1. The van der Waals surface area contributed by atoms with E-state index in [-0.39, 0.29) is 11.3 Å². The van der Waals surface area contributed by atoms with Crippen LogP contribution in [0.5, 0.6) is 5.75 Å². The lowest BCUT2D eigenvalue weighted by Crippen LogP contribution is -2.28. The summed E-state index contributed by atoms with van der Waals surface area (Å²) < 4.78 is 42.6. The van der Waals surface area contributed by atoms with Gasteiger partial charge >= 0.3 is 6.18 Å². The molecular weight excluding hydrogens is 219 g/mol. The summed E-state index contributed by atoms with van der Waals surface area (Å²) in [7, 11) is 0. The van der Waals surface area contributed by atoms with E-state index in [0.29, 0.717) is 6.61 Å². The van der Waals surface area contributed by atoms with Gasteiger partial charge in [-0.05, 0) is 12.5 Å². The Bertz CT molecular complexity index is 338. The molecule has 0 spiro atoms. The minimum atomic E-state index is -4.45. The van der Waals surface area contributed by atoms with E-state index in [0.717, 1.165) is 6.42 Å². The van der Waals surface area contributed by atoms with E-state index < -0.39 is 12.2 Å². The highest BCUT2D eigenvalue weighted by Crippen LogP contribution is 2.35. The number of hydrogen-bond acceptors (Lipinski definition) is 2. The Morgan fingerprint density at radius 2 is 1.94 bits per heavy atom. The summed E-state index contributed by atoms with van der Waals surface area (Å²) >= 11 is 0. The van der Waals surface area contributed by atoms with Crippen molar-refractivity contribution in [2.45, 2.75) is 25.6 Å². The Balaban J connectivity index is 2.94. The minimum absolute atomic E-state index is 0.0246. The van der Waals surface area contributed by atoms with Gasteiger partial charge in [0.05, 0.1) is 6.61 Å². The van der Waals surface area contributed by atoms with Gasteiger partial charge in [-0.25, -0.2) is 0 Å². The Morgan fingerprint density at radius 1 is 1.31 bits per heavy atom. The lowest BCUT2D eigenvalue weighted by molar-refractivity contribution is -0.149. The zero-order chi connectivity index (χ0) is 12.2. The molecule has 0 saturated carbocycles. The second-order valence-corrected chi connectivity index (χ2v) is 3.41. The molecule has 0 saturated heterocycles. The van der Waals surface area contributed by atoms with Crippen LogP contribution in [0.3, 0.4) is 0 Å². The van der Waals surface area contributed by atoms with Crippen LogP contribution >= 0.6 is 0 Å². The molecule has 1 atom stereocenters. The molecule has 0 aliphatic heterocycles. The Morgan fingerprint density at radius 3 is 2.50 bits per heavy atom. The molecule has 0 radical (unpaired) electrons. The van der Waals surface area contributed by atoms with Crippen LogP contribution in [0.2, 0.25) is 0 Å². The smallest absolute Gasteiger partial charge is 0.407 e. The molecule has 5 heteroatoms. The topological polar surface area (TPSA) is 35.2 Å². The maximum atomic E-state index is 12.5. The second-order valence-electron chi connectivity index (χ2n) is 3.41. The first-order valence-corrected chi connectivity index (χ1v) is 5.00. The summed E-state index contributed by atoms with van der Waals surface area (Å²) in [4.78, 5) is 0. The van der Waals surface area contributed by atoms with Gasteiger partial charge in [-0.15, -0.1) is 0 Å². The lowest BCUT2D eigenvalue weighted by Gasteiger charge is -2.19. The molecule has 16 heavy (non-hydrogen) atoms. The summed E-state index contributed by atoms with van der Waals surface area (Å²) in [5.74, 6) is 0.203. The maximum absolute atomic E-state index is 12.5. The fourth-order valence-corrected chi connectivity index (χ4v) is 1.26. The van der Waals surface area contributed by atoms with Crippen LogP contribution in [0.25, 0.3) is 0 Å². The third-order valence-electron chi connectivity index (χ3n) is 2.07. The van der Waals surface area contributed by atoms with Gasteiger partial charge in [-0.1, -0.05) is 25.1 Å². The number of hydrogen-bond donors (Lipinski definition) is 1. The van der Waals surface area contributed by atoms with Crippen LogP contribution in [0.15, 0.2) is 24.3 Å². The maximum Gasteiger partial charge on any atom is 0.407 e. The zero-order valence-corrected chi connectivity index (χ0v) is 8.92. The van der Waals surface area contributed by atoms with E-state index >= 15 is 0 Å². The Hall–Kier alpha value is -1.23. The Kier molecular flexibility index (Phi) is 4.18. The molecule has 1 aromatic rings. The van der Waals surface area contributed by atoms with Crippen molar-refractivity contribution >= 4 is 0 Å². The molecule has 0 aromatic heterocycles. The van der Waals surface area contributed by atoms with E-state index in [4.69, 9.17) is 10.5 Å². The van der Waals surface area contributed by atoms with Gasteiger partial charge in [0.25, 0.3) is 0 Å². The standard InChI is InChI=1S/C11H14F3NO/c1-2-7-16-9-6-4-3-5-8(9)10(15)11(12,13)14/h3-6,10H,2,7,15H2,1H3/t10-/m0/s1. The molecule has 0 aliphatic carbocycles. The third kappa shape index (κ3) is 3.13. The van der Waals surface area contributed by atoms with E-state index in [2.05, 4.69) is 0 Å². The monoisotopic (exact) mass is 233 g/mol. The van der Waals surface area contributed by atoms with Gasteiger partial charge in [0, 0.05) is 5.56 Å². The fourth-order valence-electron chi connectivity index (χ4n) is 1.26. The lowest BCUT2D eigenvalue weighted by atomic mass is 10.1. The van der Waals surface area contributed by atoms with Crippen LogP contribution < -0.4 is 10.5 Å². The molecule has 90 valence electrons. The third-order valence-corrected chi connectivity index (χ3v) is 2.07. The molecule has 0 bridgehead atoms. The number of benzene rings is 1. The number of halogens is 3. The SMILES string of the molecule is CCCOc1ccccc1[C@H](N)C(F)(F)F. The molecular formula is C11H14F3NO.